The lowest BCUT2D eigenvalue weighted by molar-refractivity contribution is 0.102. The predicted octanol–water partition coefficient (Wildman–Crippen LogP) is 2.07. The summed E-state index contributed by atoms with van der Waals surface area (Å²) in [4.78, 5) is 20.4. The lowest BCUT2D eigenvalue weighted by Gasteiger charge is -2.06. The number of amides is 1. The fraction of sp³-hybridized carbons (Fsp3) is 0.214. The second-order valence-corrected chi connectivity index (χ2v) is 4.46. The third-order valence-corrected chi connectivity index (χ3v) is 2.83. The molecule has 1 aliphatic heterocycles. The molecule has 1 aliphatic rings. The van der Waals surface area contributed by atoms with Crippen molar-refractivity contribution in [2.75, 3.05) is 12.1 Å². The van der Waals surface area contributed by atoms with Gasteiger partial charge in [-0.3, -0.25) is 4.79 Å². The fourth-order valence-corrected chi connectivity index (χ4v) is 2.00. The average Bonchev–Trinajstić information content (AvgIpc) is 2.85. The standard InChI is InChI=1S/C14H13N3O3/c1-8-5-11(16-9(2)15-8)14(18)17-10-3-4-12-13(6-10)20-7-19-12/h3-6H,7H2,1-2H3,(H,17,18). The molecule has 6 heteroatoms. The number of hydrogen-bond donors (Lipinski definition) is 1. The first-order chi connectivity index (χ1) is 9.61. The van der Waals surface area contributed by atoms with Gasteiger partial charge in [0.15, 0.2) is 11.5 Å². The van der Waals surface area contributed by atoms with E-state index in [1.165, 1.54) is 0 Å². The molecule has 102 valence electrons. The first kappa shape index (κ1) is 12.4. The molecule has 1 aromatic carbocycles. The quantitative estimate of drug-likeness (QED) is 0.905. The van der Waals surface area contributed by atoms with E-state index in [9.17, 15) is 4.79 Å². The average molecular weight is 271 g/mol. The highest BCUT2D eigenvalue weighted by molar-refractivity contribution is 6.03. The molecule has 0 fully saturated rings. The number of nitrogens with zero attached hydrogens (tertiary/aromatic N) is 2. The van der Waals surface area contributed by atoms with Crippen LogP contribution in [0, 0.1) is 13.8 Å². The van der Waals surface area contributed by atoms with E-state index in [2.05, 4.69) is 15.3 Å². The first-order valence-electron chi connectivity index (χ1n) is 6.15. The van der Waals surface area contributed by atoms with Crippen LogP contribution in [-0.4, -0.2) is 22.7 Å². The van der Waals surface area contributed by atoms with Crippen molar-refractivity contribution in [2.24, 2.45) is 0 Å². The minimum atomic E-state index is -0.280. The van der Waals surface area contributed by atoms with Gasteiger partial charge in [0.1, 0.15) is 11.5 Å². The van der Waals surface area contributed by atoms with Gasteiger partial charge in [0, 0.05) is 17.4 Å². The second-order valence-electron chi connectivity index (χ2n) is 4.46. The summed E-state index contributed by atoms with van der Waals surface area (Å²) in [6, 6.07) is 6.89. The van der Waals surface area contributed by atoms with Crippen molar-refractivity contribution in [1.29, 1.82) is 0 Å². The largest absolute Gasteiger partial charge is 0.454 e. The van der Waals surface area contributed by atoms with E-state index < -0.39 is 0 Å². The van der Waals surface area contributed by atoms with Gasteiger partial charge in [0.05, 0.1) is 0 Å². The molecule has 2 heterocycles. The molecule has 1 aromatic heterocycles. The highest BCUT2D eigenvalue weighted by atomic mass is 16.7. The van der Waals surface area contributed by atoms with Gasteiger partial charge in [-0.1, -0.05) is 0 Å². The molecule has 0 aliphatic carbocycles. The molecule has 0 radical (unpaired) electrons. The molecular formula is C14H13N3O3. The lowest BCUT2D eigenvalue weighted by Crippen LogP contribution is -2.15. The Morgan fingerprint density at radius 2 is 1.95 bits per heavy atom. The number of rotatable bonds is 2. The molecule has 0 saturated carbocycles. The minimum absolute atomic E-state index is 0.205. The van der Waals surface area contributed by atoms with E-state index in [-0.39, 0.29) is 12.7 Å². The molecule has 0 unspecified atom stereocenters. The van der Waals surface area contributed by atoms with Crippen LogP contribution in [-0.2, 0) is 0 Å². The van der Waals surface area contributed by atoms with Gasteiger partial charge >= 0.3 is 0 Å². The number of fused-ring (bicyclic) bond motifs is 1. The summed E-state index contributed by atoms with van der Waals surface area (Å²) in [5.74, 6) is 1.59. The lowest BCUT2D eigenvalue weighted by atomic mass is 10.2. The van der Waals surface area contributed by atoms with Gasteiger partial charge in [-0.05, 0) is 32.0 Å². The summed E-state index contributed by atoms with van der Waals surface area (Å²) >= 11 is 0. The Labute approximate surface area is 115 Å². The van der Waals surface area contributed by atoms with Crippen molar-refractivity contribution in [3.05, 3.63) is 41.5 Å². The van der Waals surface area contributed by atoms with E-state index in [4.69, 9.17) is 9.47 Å². The van der Waals surface area contributed by atoms with Gasteiger partial charge in [-0.15, -0.1) is 0 Å². The van der Waals surface area contributed by atoms with E-state index in [1.807, 2.05) is 6.92 Å². The van der Waals surface area contributed by atoms with Crippen LogP contribution in [0.3, 0.4) is 0 Å². The smallest absolute Gasteiger partial charge is 0.274 e. The number of ether oxygens (including phenoxy) is 2. The molecule has 20 heavy (non-hydrogen) atoms. The molecule has 0 spiro atoms. The number of hydrogen-bond acceptors (Lipinski definition) is 5. The fourth-order valence-electron chi connectivity index (χ4n) is 2.00. The second kappa shape index (κ2) is 4.80. The van der Waals surface area contributed by atoms with Crippen LogP contribution in [0.1, 0.15) is 22.0 Å². The molecule has 1 amide bonds. The van der Waals surface area contributed by atoms with Crippen LogP contribution in [0.15, 0.2) is 24.3 Å². The summed E-state index contributed by atoms with van der Waals surface area (Å²) in [5, 5.41) is 2.78. The normalized spacial score (nSPS) is 12.3. The summed E-state index contributed by atoms with van der Waals surface area (Å²) in [5.41, 5.74) is 1.73. The number of anilines is 1. The topological polar surface area (TPSA) is 73.3 Å². The third-order valence-electron chi connectivity index (χ3n) is 2.83. The van der Waals surface area contributed by atoms with Gasteiger partial charge < -0.3 is 14.8 Å². The van der Waals surface area contributed by atoms with Gasteiger partial charge in [-0.2, -0.15) is 0 Å². The van der Waals surface area contributed by atoms with E-state index >= 15 is 0 Å². The maximum absolute atomic E-state index is 12.1. The SMILES string of the molecule is Cc1cc(C(=O)Nc2ccc3c(c2)OCO3)nc(C)n1. The third kappa shape index (κ3) is 2.40. The number of nitrogens with one attached hydrogen (secondary N) is 1. The van der Waals surface area contributed by atoms with Crippen molar-refractivity contribution in [1.82, 2.24) is 9.97 Å². The zero-order chi connectivity index (χ0) is 14.1. The molecule has 0 atom stereocenters. The number of aromatic nitrogens is 2. The van der Waals surface area contributed by atoms with Gasteiger partial charge in [-0.25, -0.2) is 9.97 Å². The summed E-state index contributed by atoms with van der Waals surface area (Å²) < 4.78 is 10.5. The number of benzene rings is 1. The zero-order valence-electron chi connectivity index (χ0n) is 11.1. The predicted molar refractivity (Wildman–Crippen MR) is 72.0 cm³/mol. The van der Waals surface area contributed by atoms with Gasteiger partial charge in [0.2, 0.25) is 6.79 Å². The Morgan fingerprint density at radius 3 is 2.75 bits per heavy atom. The molecule has 1 N–H and O–H groups in total. The van der Waals surface area contributed by atoms with Crippen molar-refractivity contribution >= 4 is 11.6 Å². The molecule has 6 nitrogen and oxygen atoms in total. The zero-order valence-corrected chi connectivity index (χ0v) is 11.1. The Balaban J connectivity index is 1.82. The van der Waals surface area contributed by atoms with E-state index in [0.717, 1.165) is 5.69 Å². The molecular weight excluding hydrogens is 258 g/mol. The summed E-state index contributed by atoms with van der Waals surface area (Å²) in [6.45, 7) is 3.79. The minimum Gasteiger partial charge on any atom is -0.454 e. The van der Waals surface area contributed by atoms with Crippen LogP contribution < -0.4 is 14.8 Å². The van der Waals surface area contributed by atoms with Crippen LogP contribution in [0.4, 0.5) is 5.69 Å². The number of carbonyl (C=O) groups is 1. The van der Waals surface area contributed by atoms with E-state index in [0.29, 0.717) is 28.7 Å². The van der Waals surface area contributed by atoms with Crippen molar-refractivity contribution in [3.8, 4) is 11.5 Å². The number of carbonyl (C=O) groups excluding carboxylic acids is 1. The monoisotopic (exact) mass is 271 g/mol. The van der Waals surface area contributed by atoms with Crippen LogP contribution in [0.5, 0.6) is 11.5 Å². The maximum Gasteiger partial charge on any atom is 0.274 e. The number of aryl methyl sites for hydroxylation is 2. The molecule has 0 bridgehead atoms. The maximum atomic E-state index is 12.1. The van der Waals surface area contributed by atoms with Crippen molar-refractivity contribution in [3.63, 3.8) is 0 Å². The van der Waals surface area contributed by atoms with E-state index in [1.54, 1.807) is 31.2 Å². The first-order valence-corrected chi connectivity index (χ1v) is 6.15. The van der Waals surface area contributed by atoms with Crippen LogP contribution in [0.25, 0.3) is 0 Å². The highest BCUT2D eigenvalue weighted by Crippen LogP contribution is 2.34. The Morgan fingerprint density at radius 1 is 1.15 bits per heavy atom. The molecule has 2 aromatic rings. The van der Waals surface area contributed by atoms with Gasteiger partial charge in [0.25, 0.3) is 5.91 Å². The molecule has 0 saturated heterocycles. The summed E-state index contributed by atoms with van der Waals surface area (Å²) in [7, 11) is 0. The summed E-state index contributed by atoms with van der Waals surface area (Å²) in [6.07, 6.45) is 0. The van der Waals surface area contributed by atoms with Crippen LogP contribution >= 0.6 is 0 Å². The van der Waals surface area contributed by atoms with Crippen molar-refractivity contribution in [2.45, 2.75) is 13.8 Å². The van der Waals surface area contributed by atoms with Crippen LogP contribution in [0.2, 0.25) is 0 Å². The Kier molecular flexibility index (Phi) is 2.98. The Bertz CT molecular complexity index is 665. The van der Waals surface area contributed by atoms with Crippen molar-refractivity contribution < 1.29 is 14.3 Å². The molecule has 3 rings (SSSR count). The highest BCUT2D eigenvalue weighted by Gasteiger charge is 2.15. The Hall–Kier alpha value is -2.63.